The van der Waals surface area contributed by atoms with Gasteiger partial charge < -0.3 is 20.7 Å². The highest BCUT2D eigenvalue weighted by Crippen LogP contribution is 2.29. The number of nitrogens with zero attached hydrogens (tertiary/aromatic N) is 5. The summed E-state index contributed by atoms with van der Waals surface area (Å²) in [6, 6.07) is 12.1. The Labute approximate surface area is 215 Å². The Kier molecular flexibility index (Phi) is 6.55. The number of morpholine rings is 1. The molecule has 0 bridgehead atoms. The van der Waals surface area contributed by atoms with Crippen LogP contribution in [-0.2, 0) is 9.53 Å². The first-order valence-electron chi connectivity index (χ1n) is 10.8. The Morgan fingerprint density at radius 1 is 1.08 bits per heavy atom. The standard InChI is InChI=1S/C24H19Cl2N7O3/c25-18-9-14(23(27)35)1-6-20(18)33-12-15(10-29-33)22-19(26)11-28-24(31-22)30-16-2-4-17(5-3-16)32-7-8-36-13-21(32)34/h1-6,9-12H,7-8,13H2,(H2,27,35)(H,28,30,31). The Morgan fingerprint density at radius 2 is 1.89 bits per heavy atom. The maximum Gasteiger partial charge on any atom is 0.253 e. The van der Waals surface area contributed by atoms with Crippen LogP contribution < -0.4 is 16.0 Å². The fraction of sp³-hybridized carbons (Fsp3) is 0.125. The molecule has 0 atom stereocenters. The number of amides is 2. The summed E-state index contributed by atoms with van der Waals surface area (Å²) in [7, 11) is 0. The number of hydrogen-bond acceptors (Lipinski definition) is 7. The summed E-state index contributed by atoms with van der Waals surface area (Å²) < 4.78 is 6.73. The van der Waals surface area contributed by atoms with Gasteiger partial charge in [-0.3, -0.25) is 9.59 Å². The first kappa shape index (κ1) is 23.7. The van der Waals surface area contributed by atoms with E-state index in [0.29, 0.717) is 51.7 Å². The molecule has 0 spiro atoms. The molecule has 1 aliphatic heterocycles. The molecule has 0 unspecified atom stereocenters. The van der Waals surface area contributed by atoms with Crippen molar-refractivity contribution in [1.29, 1.82) is 0 Å². The van der Waals surface area contributed by atoms with Gasteiger partial charge in [0, 0.05) is 35.2 Å². The van der Waals surface area contributed by atoms with Gasteiger partial charge >= 0.3 is 0 Å². The predicted molar refractivity (Wildman–Crippen MR) is 136 cm³/mol. The smallest absolute Gasteiger partial charge is 0.253 e. The van der Waals surface area contributed by atoms with Crippen LogP contribution in [0.2, 0.25) is 10.0 Å². The number of hydrogen-bond donors (Lipinski definition) is 2. The maximum atomic E-state index is 12.0. The molecular weight excluding hydrogens is 505 g/mol. The largest absolute Gasteiger partial charge is 0.370 e. The highest BCUT2D eigenvalue weighted by atomic mass is 35.5. The van der Waals surface area contributed by atoms with Crippen LogP contribution >= 0.6 is 23.2 Å². The molecule has 3 N–H and O–H groups in total. The zero-order valence-corrected chi connectivity index (χ0v) is 20.2. The average molecular weight is 524 g/mol. The third-order valence-electron chi connectivity index (χ3n) is 5.50. The van der Waals surface area contributed by atoms with E-state index in [1.165, 1.54) is 12.3 Å². The third-order valence-corrected chi connectivity index (χ3v) is 6.08. The molecule has 0 saturated carbocycles. The fourth-order valence-electron chi connectivity index (χ4n) is 3.70. The number of rotatable bonds is 6. The van der Waals surface area contributed by atoms with Crippen molar-refractivity contribution in [1.82, 2.24) is 19.7 Å². The maximum absolute atomic E-state index is 12.0. The number of benzene rings is 2. The summed E-state index contributed by atoms with van der Waals surface area (Å²) in [5.41, 5.74) is 8.82. The van der Waals surface area contributed by atoms with Gasteiger partial charge in [0.15, 0.2) is 0 Å². The molecule has 1 aliphatic rings. The van der Waals surface area contributed by atoms with Crippen LogP contribution in [0.15, 0.2) is 61.1 Å². The van der Waals surface area contributed by atoms with E-state index in [1.807, 2.05) is 24.3 Å². The van der Waals surface area contributed by atoms with E-state index in [9.17, 15) is 9.59 Å². The molecule has 2 aromatic heterocycles. The number of carbonyl (C=O) groups excluding carboxylic acids is 2. The van der Waals surface area contributed by atoms with Crippen molar-refractivity contribution in [2.75, 3.05) is 30.0 Å². The van der Waals surface area contributed by atoms with Gasteiger partial charge in [-0.05, 0) is 42.5 Å². The molecule has 36 heavy (non-hydrogen) atoms. The summed E-state index contributed by atoms with van der Waals surface area (Å²) in [6.45, 7) is 1.11. The molecule has 1 saturated heterocycles. The first-order chi connectivity index (χ1) is 17.4. The van der Waals surface area contributed by atoms with Gasteiger partial charge in [0.05, 0.1) is 40.4 Å². The molecule has 2 amide bonds. The number of anilines is 3. The van der Waals surface area contributed by atoms with Crippen molar-refractivity contribution >= 4 is 52.3 Å². The highest BCUT2D eigenvalue weighted by Gasteiger charge is 2.20. The lowest BCUT2D eigenvalue weighted by molar-refractivity contribution is -0.125. The number of primary amides is 1. The van der Waals surface area contributed by atoms with Crippen LogP contribution in [0.1, 0.15) is 10.4 Å². The minimum atomic E-state index is -0.568. The van der Waals surface area contributed by atoms with Crippen LogP contribution in [0.4, 0.5) is 17.3 Å². The van der Waals surface area contributed by atoms with E-state index in [1.54, 1.807) is 34.1 Å². The lowest BCUT2D eigenvalue weighted by Gasteiger charge is -2.26. The van der Waals surface area contributed by atoms with Crippen LogP contribution in [0.25, 0.3) is 16.9 Å². The van der Waals surface area contributed by atoms with Gasteiger partial charge in [-0.15, -0.1) is 0 Å². The quantitative estimate of drug-likeness (QED) is 0.392. The number of carbonyl (C=O) groups is 2. The Bertz CT molecular complexity index is 1460. The summed E-state index contributed by atoms with van der Waals surface area (Å²) in [6.07, 6.45) is 4.82. The topological polar surface area (TPSA) is 128 Å². The minimum absolute atomic E-state index is 0.0710. The normalized spacial score (nSPS) is 13.6. The molecule has 5 rings (SSSR count). The van der Waals surface area contributed by atoms with E-state index in [-0.39, 0.29) is 12.5 Å². The Morgan fingerprint density at radius 3 is 2.61 bits per heavy atom. The molecular formula is C24H19Cl2N7O3. The summed E-state index contributed by atoms with van der Waals surface area (Å²) in [5, 5.41) is 8.16. The van der Waals surface area contributed by atoms with Crippen LogP contribution in [0, 0.1) is 0 Å². The van der Waals surface area contributed by atoms with Gasteiger partial charge in [0.25, 0.3) is 5.91 Å². The summed E-state index contributed by atoms with van der Waals surface area (Å²) in [4.78, 5) is 33.9. The molecule has 182 valence electrons. The molecule has 0 aliphatic carbocycles. The van der Waals surface area contributed by atoms with E-state index < -0.39 is 5.91 Å². The lowest BCUT2D eigenvalue weighted by atomic mass is 10.2. The second-order valence-electron chi connectivity index (χ2n) is 7.86. The van der Waals surface area contributed by atoms with Crippen molar-refractivity contribution in [3.63, 3.8) is 0 Å². The van der Waals surface area contributed by atoms with E-state index in [0.717, 1.165) is 11.4 Å². The molecule has 2 aromatic carbocycles. The number of nitrogens with two attached hydrogens (primary N) is 1. The Balaban J connectivity index is 1.36. The minimum Gasteiger partial charge on any atom is -0.370 e. The summed E-state index contributed by atoms with van der Waals surface area (Å²) in [5.74, 6) is -0.305. The summed E-state index contributed by atoms with van der Waals surface area (Å²) >= 11 is 12.7. The fourth-order valence-corrected chi connectivity index (χ4v) is 4.16. The number of aromatic nitrogens is 4. The SMILES string of the molecule is NC(=O)c1ccc(-n2cc(-c3nc(Nc4ccc(N5CCOCC5=O)cc4)ncc3Cl)cn2)c(Cl)c1. The second kappa shape index (κ2) is 9.94. The third kappa shape index (κ3) is 4.87. The van der Waals surface area contributed by atoms with Crippen molar-refractivity contribution in [2.24, 2.45) is 5.73 Å². The number of halogens is 2. The van der Waals surface area contributed by atoms with Crippen molar-refractivity contribution in [2.45, 2.75) is 0 Å². The Hall–Kier alpha value is -3.99. The zero-order valence-electron chi connectivity index (χ0n) is 18.7. The van der Waals surface area contributed by atoms with Gasteiger partial charge in [-0.1, -0.05) is 23.2 Å². The number of ether oxygens (including phenoxy) is 1. The van der Waals surface area contributed by atoms with Crippen LogP contribution in [-0.4, -0.2) is 51.3 Å². The van der Waals surface area contributed by atoms with Gasteiger partial charge in [-0.2, -0.15) is 5.10 Å². The molecule has 10 nitrogen and oxygen atoms in total. The molecule has 12 heteroatoms. The molecule has 0 radical (unpaired) electrons. The highest BCUT2D eigenvalue weighted by molar-refractivity contribution is 6.33. The number of nitrogens with one attached hydrogen (secondary N) is 1. The monoisotopic (exact) mass is 523 g/mol. The van der Waals surface area contributed by atoms with Crippen molar-refractivity contribution < 1.29 is 14.3 Å². The van der Waals surface area contributed by atoms with E-state index >= 15 is 0 Å². The molecule has 1 fully saturated rings. The van der Waals surface area contributed by atoms with Crippen molar-refractivity contribution in [3.05, 3.63) is 76.7 Å². The van der Waals surface area contributed by atoms with Crippen molar-refractivity contribution in [3.8, 4) is 16.9 Å². The van der Waals surface area contributed by atoms with Crippen LogP contribution in [0.3, 0.4) is 0 Å². The van der Waals surface area contributed by atoms with Crippen LogP contribution in [0.5, 0.6) is 0 Å². The lowest BCUT2D eigenvalue weighted by Crippen LogP contribution is -2.41. The first-order valence-corrected chi connectivity index (χ1v) is 11.6. The molecule has 3 heterocycles. The van der Waals surface area contributed by atoms with Gasteiger partial charge in [0.1, 0.15) is 6.61 Å². The molecule has 4 aromatic rings. The van der Waals surface area contributed by atoms with E-state index in [4.69, 9.17) is 33.7 Å². The predicted octanol–water partition coefficient (Wildman–Crippen LogP) is 3.84. The van der Waals surface area contributed by atoms with Gasteiger partial charge in [0.2, 0.25) is 11.9 Å². The average Bonchev–Trinajstić information content (AvgIpc) is 3.36. The van der Waals surface area contributed by atoms with E-state index in [2.05, 4.69) is 20.4 Å². The zero-order chi connectivity index (χ0) is 25.2. The van der Waals surface area contributed by atoms with Gasteiger partial charge in [-0.25, -0.2) is 14.6 Å². The second-order valence-corrected chi connectivity index (χ2v) is 8.68.